The van der Waals surface area contributed by atoms with Crippen LogP contribution in [0.1, 0.15) is 32.4 Å². The van der Waals surface area contributed by atoms with E-state index in [2.05, 4.69) is 10.6 Å². The fraction of sp³-hybridized carbons (Fsp3) is 0.412. The van der Waals surface area contributed by atoms with E-state index in [4.69, 9.17) is 33.3 Å². The number of nitrogens with one attached hydrogen (secondary N) is 2. The number of halogens is 1. The topological polar surface area (TPSA) is 62.8 Å². The second-order valence-corrected chi connectivity index (χ2v) is 6.59. The Kier molecular flexibility index (Phi) is 5.06. The highest BCUT2D eigenvalue weighted by molar-refractivity contribution is 7.80. The van der Waals surface area contributed by atoms with E-state index < -0.39 is 6.04 Å². The summed E-state index contributed by atoms with van der Waals surface area (Å²) in [6.07, 6.45) is 0. The average Bonchev–Trinajstić information content (AvgIpc) is 3.01. The highest BCUT2D eigenvalue weighted by atomic mass is 35.5. The molecule has 1 unspecified atom stereocenters. The van der Waals surface area contributed by atoms with Gasteiger partial charge in [-0.25, -0.2) is 0 Å². The van der Waals surface area contributed by atoms with E-state index in [1.807, 2.05) is 20.8 Å². The van der Waals surface area contributed by atoms with Gasteiger partial charge in [0, 0.05) is 30.4 Å². The van der Waals surface area contributed by atoms with Crippen LogP contribution in [0.2, 0.25) is 5.02 Å². The average molecular weight is 382 g/mol. The summed E-state index contributed by atoms with van der Waals surface area (Å²) in [7, 11) is 0. The van der Waals surface area contributed by atoms with E-state index in [0.29, 0.717) is 40.3 Å². The quantitative estimate of drug-likeness (QED) is 0.782. The van der Waals surface area contributed by atoms with E-state index in [1.54, 1.807) is 17.0 Å². The number of benzene rings is 1. The Morgan fingerprint density at radius 1 is 1.32 bits per heavy atom. The van der Waals surface area contributed by atoms with Gasteiger partial charge in [0.05, 0.1) is 16.6 Å². The molecule has 0 saturated carbocycles. The van der Waals surface area contributed by atoms with Gasteiger partial charge in [0.25, 0.3) is 5.91 Å². The molecule has 6 nitrogen and oxygen atoms in total. The number of amides is 1. The zero-order chi connectivity index (χ0) is 18.1. The Morgan fingerprint density at radius 3 is 2.60 bits per heavy atom. The van der Waals surface area contributed by atoms with Gasteiger partial charge in [-0.15, -0.1) is 0 Å². The normalized spacial score (nSPS) is 18.7. The molecule has 0 aromatic heterocycles. The van der Waals surface area contributed by atoms with Crippen LogP contribution in [0.5, 0.6) is 11.5 Å². The van der Waals surface area contributed by atoms with Crippen molar-refractivity contribution in [1.29, 1.82) is 0 Å². The van der Waals surface area contributed by atoms with Crippen molar-refractivity contribution in [1.82, 2.24) is 15.5 Å². The van der Waals surface area contributed by atoms with Crippen LogP contribution in [0.25, 0.3) is 0 Å². The number of hydrogen-bond donors (Lipinski definition) is 2. The molecule has 0 bridgehead atoms. The molecule has 2 aliphatic heterocycles. The first-order chi connectivity index (χ1) is 12.0. The van der Waals surface area contributed by atoms with Crippen LogP contribution in [-0.4, -0.2) is 35.8 Å². The zero-order valence-corrected chi connectivity index (χ0v) is 15.9. The molecule has 1 aromatic carbocycles. The summed E-state index contributed by atoms with van der Waals surface area (Å²) in [5.74, 6) is 1.16. The van der Waals surface area contributed by atoms with Crippen LogP contribution in [0, 0.1) is 0 Å². The van der Waals surface area contributed by atoms with Crippen LogP contribution in [0.3, 0.4) is 0 Å². The lowest BCUT2D eigenvalue weighted by Crippen LogP contribution is -2.47. The van der Waals surface area contributed by atoms with Crippen LogP contribution in [0.4, 0.5) is 0 Å². The van der Waals surface area contributed by atoms with E-state index in [0.717, 1.165) is 11.3 Å². The van der Waals surface area contributed by atoms with Gasteiger partial charge in [0.15, 0.2) is 16.6 Å². The summed E-state index contributed by atoms with van der Waals surface area (Å²) in [5.41, 5.74) is 2.04. The Labute approximate surface area is 157 Å². The Morgan fingerprint density at radius 2 is 1.96 bits per heavy atom. The first-order valence-corrected chi connectivity index (χ1v) is 8.91. The number of allylic oxidation sites excluding steroid dienone is 1. The summed E-state index contributed by atoms with van der Waals surface area (Å²) in [4.78, 5) is 14.8. The van der Waals surface area contributed by atoms with E-state index in [1.165, 1.54) is 0 Å². The zero-order valence-electron chi connectivity index (χ0n) is 14.3. The first kappa shape index (κ1) is 17.8. The smallest absolute Gasteiger partial charge is 0.253 e. The molecular weight excluding hydrogens is 362 g/mol. The van der Waals surface area contributed by atoms with Crippen molar-refractivity contribution in [2.24, 2.45) is 0 Å². The van der Waals surface area contributed by atoms with Gasteiger partial charge in [-0.3, -0.25) is 4.79 Å². The van der Waals surface area contributed by atoms with E-state index in [-0.39, 0.29) is 12.7 Å². The molecule has 2 aliphatic rings. The number of ether oxygens (including phenoxy) is 2. The molecule has 25 heavy (non-hydrogen) atoms. The minimum absolute atomic E-state index is 0.0521. The van der Waals surface area contributed by atoms with Gasteiger partial charge in [0.2, 0.25) is 6.79 Å². The minimum Gasteiger partial charge on any atom is -0.454 e. The van der Waals surface area contributed by atoms with Crippen molar-refractivity contribution in [2.75, 3.05) is 19.9 Å². The molecule has 8 heteroatoms. The number of carbonyl (C=O) groups excluding carboxylic acids is 1. The largest absolute Gasteiger partial charge is 0.454 e. The molecule has 1 aromatic rings. The van der Waals surface area contributed by atoms with Crippen molar-refractivity contribution >= 4 is 34.8 Å². The third kappa shape index (κ3) is 3.26. The number of carbonyl (C=O) groups is 1. The van der Waals surface area contributed by atoms with Crippen LogP contribution >= 0.6 is 23.8 Å². The Hall–Kier alpha value is -1.99. The summed E-state index contributed by atoms with van der Waals surface area (Å²) < 4.78 is 10.8. The SMILES string of the molecule is CCN(CC)C(=O)C1=C(C)NC(=S)NC1c1cc2c(cc1Cl)OCO2. The molecule has 0 radical (unpaired) electrons. The lowest BCUT2D eigenvalue weighted by atomic mass is 9.94. The Bertz CT molecular complexity index is 762. The van der Waals surface area contributed by atoms with Gasteiger partial charge in [-0.05, 0) is 39.1 Å². The maximum atomic E-state index is 13.1. The summed E-state index contributed by atoms with van der Waals surface area (Å²) in [6, 6.07) is 3.06. The molecule has 1 amide bonds. The number of likely N-dealkylation sites (N-methyl/N-ethyl adjacent to an activating group) is 1. The first-order valence-electron chi connectivity index (χ1n) is 8.12. The molecule has 3 rings (SSSR count). The standard InChI is InChI=1S/C17H20ClN3O3S/c1-4-21(5-2)16(22)14-9(3)19-17(25)20-15(14)10-6-12-13(7-11(10)18)24-8-23-12/h6-7,15H,4-5,8H2,1-3H3,(H2,19,20,25). The molecule has 0 aliphatic carbocycles. The molecule has 134 valence electrons. The molecule has 0 spiro atoms. The molecule has 0 fully saturated rings. The van der Waals surface area contributed by atoms with Gasteiger partial charge < -0.3 is 25.0 Å². The highest BCUT2D eigenvalue weighted by Gasteiger charge is 2.34. The number of thiocarbonyl (C=S) groups is 1. The fourth-order valence-corrected chi connectivity index (χ4v) is 3.58. The van der Waals surface area contributed by atoms with E-state index in [9.17, 15) is 4.79 Å². The van der Waals surface area contributed by atoms with Gasteiger partial charge in [-0.2, -0.15) is 0 Å². The third-order valence-electron chi connectivity index (χ3n) is 4.35. The maximum absolute atomic E-state index is 13.1. The van der Waals surface area contributed by atoms with Gasteiger partial charge in [0.1, 0.15) is 0 Å². The Balaban J connectivity index is 2.08. The van der Waals surface area contributed by atoms with Crippen LogP contribution < -0.4 is 20.1 Å². The summed E-state index contributed by atoms with van der Waals surface area (Å²) in [6.45, 7) is 7.16. The fourth-order valence-electron chi connectivity index (χ4n) is 3.05. The molecule has 0 saturated heterocycles. The van der Waals surface area contributed by atoms with Gasteiger partial charge >= 0.3 is 0 Å². The lowest BCUT2D eigenvalue weighted by Gasteiger charge is -2.33. The second kappa shape index (κ2) is 7.09. The highest BCUT2D eigenvalue weighted by Crippen LogP contribution is 2.41. The van der Waals surface area contributed by atoms with Crippen molar-refractivity contribution in [3.8, 4) is 11.5 Å². The van der Waals surface area contributed by atoms with Crippen molar-refractivity contribution in [2.45, 2.75) is 26.8 Å². The number of fused-ring (bicyclic) bond motifs is 1. The lowest BCUT2D eigenvalue weighted by molar-refractivity contribution is -0.127. The molecule has 2 heterocycles. The molecule has 1 atom stereocenters. The summed E-state index contributed by atoms with van der Waals surface area (Å²) >= 11 is 11.8. The van der Waals surface area contributed by atoms with Crippen molar-refractivity contribution in [3.63, 3.8) is 0 Å². The predicted molar refractivity (Wildman–Crippen MR) is 99.8 cm³/mol. The number of hydrogen-bond acceptors (Lipinski definition) is 4. The monoisotopic (exact) mass is 381 g/mol. The third-order valence-corrected chi connectivity index (χ3v) is 4.90. The predicted octanol–water partition coefficient (Wildman–Crippen LogP) is 2.73. The minimum atomic E-state index is -0.455. The van der Waals surface area contributed by atoms with Crippen molar-refractivity contribution in [3.05, 3.63) is 34.0 Å². The number of nitrogens with zero attached hydrogens (tertiary/aromatic N) is 1. The summed E-state index contributed by atoms with van der Waals surface area (Å²) in [5, 5.41) is 7.14. The van der Waals surface area contributed by atoms with Crippen molar-refractivity contribution < 1.29 is 14.3 Å². The van der Waals surface area contributed by atoms with E-state index >= 15 is 0 Å². The number of rotatable bonds is 4. The van der Waals surface area contributed by atoms with Crippen LogP contribution in [-0.2, 0) is 4.79 Å². The van der Waals surface area contributed by atoms with Crippen LogP contribution in [0.15, 0.2) is 23.4 Å². The maximum Gasteiger partial charge on any atom is 0.253 e. The molecule has 2 N–H and O–H groups in total. The second-order valence-electron chi connectivity index (χ2n) is 5.77. The molecular formula is C17H20ClN3O3S. The van der Waals surface area contributed by atoms with Gasteiger partial charge in [-0.1, -0.05) is 11.6 Å².